The molecule has 1 aromatic rings. The molecule has 0 aliphatic heterocycles. The van der Waals surface area contributed by atoms with E-state index in [1.165, 1.54) is 0 Å². The fourth-order valence-electron chi connectivity index (χ4n) is 0.991. The van der Waals surface area contributed by atoms with E-state index in [-0.39, 0.29) is 0 Å². The molecule has 0 aliphatic rings. The summed E-state index contributed by atoms with van der Waals surface area (Å²) in [5.41, 5.74) is 2.00. The second kappa shape index (κ2) is 3.50. The highest BCUT2D eigenvalue weighted by molar-refractivity contribution is 5.29. The molecule has 0 unspecified atom stereocenters. The van der Waals surface area contributed by atoms with Gasteiger partial charge in [0.05, 0.1) is 12.5 Å². The van der Waals surface area contributed by atoms with Gasteiger partial charge in [0.15, 0.2) is 0 Å². The molecular weight excluding hydrogens is 150 g/mol. The van der Waals surface area contributed by atoms with Crippen LogP contribution < -0.4 is 0 Å². The summed E-state index contributed by atoms with van der Waals surface area (Å²) in [5, 5.41) is 17.0. The van der Waals surface area contributed by atoms with Crippen LogP contribution in [0.25, 0.3) is 0 Å². The van der Waals surface area contributed by atoms with E-state index in [1.54, 1.807) is 6.07 Å². The molecule has 0 radical (unpaired) electrons. The topological polar surface area (TPSA) is 60.5 Å². The van der Waals surface area contributed by atoms with Crippen LogP contribution in [0, 0.1) is 29.6 Å². The van der Waals surface area contributed by atoms with Crippen LogP contribution in [0.3, 0.4) is 0 Å². The Morgan fingerprint density at radius 2 is 2.17 bits per heavy atom. The van der Waals surface area contributed by atoms with Crippen molar-refractivity contribution in [1.82, 2.24) is 4.98 Å². The first-order valence-electron chi connectivity index (χ1n) is 3.51. The summed E-state index contributed by atoms with van der Waals surface area (Å²) in [5.74, 6) is 0. The number of nitrogens with zero attached hydrogens (tertiary/aromatic N) is 3. The average molecular weight is 157 g/mol. The van der Waals surface area contributed by atoms with Crippen molar-refractivity contribution in [2.24, 2.45) is 0 Å². The number of nitriles is 2. The summed E-state index contributed by atoms with van der Waals surface area (Å²) < 4.78 is 0. The van der Waals surface area contributed by atoms with Crippen LogP contribution in [0.1, 0.15) is 17.0 Å². The maximum atomic E-state index is 8.56. The maximum Gasteiger partial charge on any atom is 0.141 e. The number of hydrogen-bond acceptors (Lipinski definition) is 3. The molecule has 3 heteroatoms. The number of pyridine rings is 1. The average Bonchev–Trinajstić information content (AvgIpc) is 2.04. The third-order valence-corrected chi connectivity index (χ3v) is 1.41. The number of hydrogen-bond donors (Lipinski definition) is 0. The first-order chi connectivity index (χ1) is 5.76. The highest BCUT2D eigenvalue weighted by Crippen LogP contribution is 2.04. The molecule has 0 aromatic carbocycles. The Morgan fingerprint density at radius 3 is 2.75 bits per heavy atom. The molecule has 0 saturated carbocycles. The van der Waals surface area contributed by atoms with Crippen LogP contribution >= 0.6 is 0 Å². The number of aromatic nitrogens is 1. The quantitative estimate of drug-likeness (QED) is 0.617. The Kier molecular flexibility index (Phi) is 2.40. The summed E-state index contributed by atoms with van der Waals surface area (Å²) in [7, 11) is 0. The van der Waals surface area contributed by atoms with Gasteiger partial charge in [0.25, 0.3) is 0 Å². The number of rotatable bonds is 1. The lowest BCUT2D eigenvalue weighted by atomic mass is 10.1. The lowest BCUT2D eigenvalue weighted by molar-refractivity contribution is 1.12. The second-order valence-electron chi connectivity index (χ2n) is 2.45. The highest BCUT2D eigenvalue weighted by atomic mass is 14.7. The van der Waals surface area contributed by atoms with Gasteiger partial charge in [-0.25, -0.2) is 4.98 Å². The van der Waals surface area contributed by atoms with E-state index in [1.807, 2.05) is 25.1 Å². The van der Waals surface area contributed by atoms with Gasteiger partial charge >= 0.3 is 0 Å². The summed E-state index contributed by atoms with van der Waals surface area (Å²) in [6, 6.07) is 7.42. The first kappa shape index (κ1) is 8.23. The van der Waals surface area contributed by atoms with E-state index >= 15 is 0 Å². The molecule has 0 bridgehead atoms. The zero-order valence-corrected chi connectivity index (χ0v) is 6.70. The van der Waals surface area contributed by atoms with Crippen molar-refractivity contribution in [3.8, 4) is 12.1 Å². The molecule has 0 N–H and O–H groups in total. The van der Waals surface area contributed by atoms with Crippen molar-refractivity contribution in [3.63, 3.8) is 0 Å². The molecule has 58 valence electrons. The van der Waals surface area contributed by atoms with Gasteiger partial charge in [-0.05, 0) is 24.6 Å². The molecule has 0 aliphatic carbocycles. The van der Waals surface area contributed by atoms with Gasteiger partial charge in [0, 0.05) is 5.69 Å². The second-order valence-corrected chi connectivity index (χ2v) is 2.45. The fraction of sp³-hybridized carbons (Fsp3) is 0.222. The van der Waals surface area contributed by atoms with Crippen LogP contribution in [0.5, 0.6) is 0 Å². The molecule has 0 spiro atoms. The lowest BCUT2D eigenvalue weighted by Gasteiger charge is -1.96. The fourth-order valence-corrected chi connectivity index (χ4v) is 0.991. The predicted octanol–water partition coefficient (Wildman–Crippen LogP) is 1.33. The van der Waals surface area contributed by atoms with E-state index in [9.17, 15) is 0 Å². The summed E-state index contributed by atoms with van der Waals surface area (Å²) in [4.78, 5) is 3.96. The van der Waals surface area contributed by atoms with Gasteiger partial charge in [0.2, 0.25) is 0 Å². The van der Waals surface area contributed by atoms with Crippen LogP contribution in [0.15, 0.2) is 12.1 Å². The van der Waals surface area contributed by atoms with E-state index in [0.29, 0.717) is 12.1 Å². The maximum absolute atomic E-state index is 8.56. The summed E-state index contributed by atoms with van der Waals surface area (Å²) in [6.07, 6.45) is 0.331. The SMILES string of the molecule is Cc1cc(CC#N)cc(C#N)n1. The molecule has 0 atom stereocenters. The normalized spacial score (nSPS) is 8.58. The molecule has 0 amide bonds. The van der Waals surface area contributed by atoms with E-state index < -0.39 is 0 Å². The van der Waals surface area contributed by atoms with Crippen molar-refractivity contribution in [1.29, 1.82) is 10.5 Å². The van der Waals surface area contributed by atoms with Gasteiger partial charge in [0.1, 0.15) is 11.8 Å². The third kappa shape index (κ3) is 1.81. The zero-order chi connectivity index (χ0) is 8.97. The third-order valence-electron chi connectivity index (χ3n) is 1.41. The molecule has 12 heavy (non-hydrogen) atoms. The summed E-state index contributed by atoms with van der Waals surface area (Å²) >= 11 is 0. The van der Waals surface area contributed by atoms with Crippen molar-refractivity contribution >= 4 is 0 Å². The Balaban J connectivity index is 3.10. The largest absolute Gasteiger partial charge is 0.242 e. The van der Waals surface area contributed by atoms with Crippen LogP contribution in [-0.4, -0.2) is 4.98 Å². The molecule has 1 heterocycles. The minimum atomic E-state index is 0.331. The minimum absolute atomic E-state index is 0.331. The monoisotopic (exact) mass is 157 g/mol. The lowest BCUT2D eigenvalue weighted by Crippen LogP contribution is -1.91. The predicted molar refractivity (Wildman–Crippen MR) is 43.0 cm³/mol. The van der Waals surface area contributed by atoms with Gasteiger partial charge in [-0.1, -0.05) is 0 Å². The standard InChI is InChI=1S/C9H7N3/c1-7-4-8(2-3-10)5-9(6-11)12-7/h4-5H,2H2,1H3. The zero-order valence-electron chi connectivity index (χ0n) is 6.70. The highest BCUT2D eigenvalue weighted by Gasteiger charge is 1.97. The summed E-state index contributed by atoms with van der Waals surface area (Å²) in [6.45, 7) is 1.81. The molecule has 0 saturated heterocycles. The van der Waals surface area contributed by atoms with Crippen LogP contribution in [0.4, 0.5) is 0 Å². The Labute approximate surface area is 70.9 Å². The van der Waals surface area contributed by atoms with Crippen molar-refractivity contribution in [3.05, 3.63) is 29.1 Å². The van der Waals surface area contributed by atoms with Gasteiger partial charge in [-0.3, -0.25) is 0 Å². The van der Waals surface area contributed by atoms with Gasteiger partial charge < -0.3 is 0 Å². The molecule has 0 fully saturated rings. The smallest absolute Gasteiger partial charge is 0.141 e. The van der Waals surface area contributed by atoms with Crippen molar-refractivity contribution in [2.75, 3.05) is 0 Å². The first-order valence-corrected chi connectivity index (χ1v) is 3.51. The van der Waals surface area contributed by atoms with E-state index in [2.05, 4.69) is 4.98 Å². The van der Waals surface area contributed by atoms with Crippen LogP contribution in [-0.2, 0) is 6.42 Å². The minimum Gasteiger partial charge on any atom is -0.242 e. The molecule has 3 nitrogen and oxygen atoms in total. The van der Waals surface area contributed by atoms with Gasteiger partial charge in [-0.15, -0.1) is 0 Å². The Morgan fingerprint density at radius 1 is 1.42 bits per heavy atom. The van der Waals surface area contributed by atoms with Crippen molar-refractivity contribution < 1.29 is 0 Å². The molecule has 1 aromatic heterocycles. The van der Waals surface area contributed by atoms with Gasteiger partial charge in [-0.2, -0.15) is 10.5 Å². The molecule has 1 rings (SSSR count). The van der Waals surface area contributed by atoms with E-state index in [4.69, 9.17) is 10.5 Å². The van der Waals surface area contributed by atoms with Crippen molar-refractivity contribution in [2.45, 2.75) is 13.3 Å². The van der Waals surface area contributed by atoms with Crippen LogP contribution in [0.2, 0.25) is 0 Å². The molecular formula is C9H7N3. The Hall–Kier alpha value is -1.87. The number of aryl methyl sites for hydroxylation is 1. The Bertz CT molecular complexity index is 368. The van der Waals surface area contributed by atoms with E-state index in [0.717, 1.165) is 11.3 Å².